The number of β-amino-alcohol motifs (C(OH)–C–C–N with tert-alkyl or cyclic N) is 1. The largest absolute Gasteiger partial charge is 0.388 e. The average Bonchev–Trinajstić information content (AvgIpc) is 2.57. The van der Waals surface area contributed by atoms with Crippen molar-refractivity contribution in [2.45, 2.75) is 58.0 Å². The van der Waals surface area contributed by atoms with Crippen LogP contribution in [0.25, 0.3) is 0 Å². The van der Waals surface area contributed by atoms with E-state index in [1.54, 1.807) is 6.92 Å². The van der Waals surface area contributed by atoms with Crippen molar-refractivity contribution < 1.29 is 14.7 Å². The van der Waals surface area contributed by atoms with Crippen LogP contribution in [0.1, 0.15) is 52.4 Å². The minimum atomic E-state index is -0.846. The summed E-state index contributed by atoms with van der Waals surface area (Å²) in [7, 11) is 0. The summed E-state index contributed by atoms with van der Waals surface area (Å²) >= 11 is 0. The van der Waals surface area contributed by atoms with Gasteiger partial charge in [-0.25, -0.2) is 0 Å². The Labute approximate surface area is 108 Å². The van der Waals surface area contributed by atoms with Crippen molar-refractivity contribution in [1.82, 2.24) is 4.90 Å². The number of rotatable bonds is 3. The maximum atomic E-state index is 11.8. The fourth-order valence-electron chi connectivity index (χ4n) is 3.09. The Bertz CT molecular complexity index is 345. The lowest BCUT2D eigenvalue weighted by atomic mass is 9.77. The van der Waals surface area contributed by atoms with E-state index < -0.39 is 5.60 Å². The first-order valence-electron chi connectivity index (χ1n) is 7.02. The van der Waals surface area contributed by atoms with Gasteiger partial charge in [0.25, 0.3) is 0 Å². The van der Waals surface area contributed by atoms with Crippen LogP contribution in [-0.2, 0) is 9.59 Å². The van der Waals surface area contributed by atoms with Gasteiger partial charge in [0.1, 0.15) is 0 Å². The van der Waals surface area contributed by atoms with E-state index in [2.05, 4.69) is 6.92 Å². The molecule has 1 unspecified atom stereocenters. The third-order valence-electron chi connectivity index (χ3n) is 4.54. The number of amides is 2. The highest BCUT2D eigenvalue weighted by Crippen LogP contribution is 2.35. The Morgan fingerprint density at radius 1 is 1.33 bits per heavy atom. The molecule has 4 heteroatoms. The lowest BCUT2D eigenvalue weighted by Crippen LogP contribution is -2.47. The molecule has 0 aromatic heterocycles. The van der Waals surface area contributed by atoms with Crippen molar-refractivity contribution in [3.8, 4) is 0 Å². The molecule has 4 nitrogen and oxygen atoms in total. The Balaban J connectivity index is 1.97. The summed E-state index contributed by atoms with van der Waals surface area (Å²) in [6.07, 6.45) is 4.85. The van der Waals surface area contributed by atoms with Gasteiger partial charge in [0.05, 0.1) is 12.1 Å². The van der Waals surface area contributed by atoms with E-state index in [0.29, 0.717) is 25.2 Å². The molecule has 2 rings (SSSR count). The SMILES string of the molecule is CCC1CCC(O)(CN2C(=O)CC(C)C2=O)CC1. The predicted molar refractivity (Wildman–Crippen MR) is 67.7 cm³/mol. The van der Waals surface area contributed by atoms with Crippen molar-refractivity contribution >= 4 is 11.8 Å². The molecule has 0 aromatic rings. The van der Waals surface area contributed by atoms with Crippen molar-refractivity contribution in [3.63, 3.8) is 0 Å². The van der Waals surface area contributed by atoms with Crippen LogP contribution in [0.15, 0.2) is 0 Å². The molecule has 1 aliphatic carbocycles. The van der Waals surface area contributed by atoms with Gasteiger partial charge in [0.15, 0.2) is 0 Å². The lowest BCUT2D eigenvalue weighted by molar-refractivity contribution is -0.144. The van der Waals surface area contributed by atoms with Gasteiger partial charge in [-0.2, -0.15) is 0 Å². The molecule has 1 heterocycles. The number of likely N-dealkylation sites (tertiary alicyclic amines) is 1. The molecule has 1 saturated heterocycles. The smallest absolute Gasteiger partial charge is 0.232 e. The van der Waals surface area contributed by atoms with Crippen LogP contribution in [0, 0.1) is 11.8 Å². The number of hydrogen-bond donors (Lipinski definition) is 1. The number of carbonyl (C=O) groups excluding carboxylic acids is 2. The van der Waals surface area contributed by atoms with Crippen LogP contribution in [0.3, 0.4) is 0 Å². The maximum absolute atomic E-state index is 11.8. The van der Waals surface area contributed by atoms with Gasteiger partial charge in [-0.1, -0.05) is 20.3 Å². The van der Waals surface area contributed by atoms with E-state index in [1.807, 2.05) is 0 Å². The summed E-state index contributed by atoms with van der Waals surface area (Å²) in [5.41, 5.74) is -0.846. The zero-order valence-electron chi connectivity index (χ0n) is 11.3. The van der Waals surface area contributed by atoms with Gasteiger partial charge >= 0.3 is 0 Å². The van der Waals surface area contributed by atoms with Crippen LogP contribution in [0.5, 0.6) is 0 Å². The molecule has 2 aliphatic rings. The van der Waals surface area contributed by atoms with Gasteiger partial charge in [-0.3, -0.25) is 14.5 Å². The number of aliphatic hydroxyl groups is 1. The summed E-state index contributed by atoms with van der Waals surface area (Å²) in [6.45, 7) is 4.15. The summed E-state index contributed by atoms with van der Waals surface area (Å²) < 4.78 is 0. The van der Waals surface area contributed by atoms with Crippen LogP contribution < -0.4 is 0 Å². The van der Waals surface area contributed by atoms with Crippen molar-refractivity contribution in [2.75, 3.05) is 6.54 Å². The molecule has 0 spiro atoms. The van der Waals surface area contributed by atoms with E-state index >= 15 is 0 Å². The van der Waals surface area contributed by atoms with Crippen LogP contribution >= 0.6 is 0 Å². The Morgan fingerprint density at radius 2 is 1.94 bits per heavy atom. The number of imide groups is 1. The number of hydrogen-bond acceptors (Lipinski definition) is 3. The van der Waals surface area contributed by atoms with Gasteiger partial charge in [0, 0.05) is 12.3 Å². The van der Waals surface area contributed by atoms with Crippen LogP contribution in [0.2, 0.25) is 0 Å². The Morgan fingerprint density at radius 3 is 2.39 bits per heavy atom. The molecule has 0 radical (unpaired) electrons. The van der Waals surface area contributed by atoms with E-state index in [4.69, 9.17) is 0 Å². The third-order valence-corrected chi connectivity index (χ3v) is 4.54. The highest BCUT2D eigenvalue weighted by Gasteiger charge is 2.42. The van der Waals surface area contributed by atoms with Gasteiger partial charge in [-0.05, 0) is 31.6 Å². The first kappa shape index (κ1) is 13.5. The number of nitrogens with zero attached hydrogens (tertiary/aromatic N) is 1. The van der Waals surface area contributed by atoms with E-state index in [9.17, 15) is 14.7 Å². The second-order valence-electron chi connectivity index (χ2n) is 6.00. The minimum absolute atomic E-state index is 0.119. The van der Waals surface area contributed by atoms with Crippen molar-refractivity contribution in [3.05, 3.63) is 0 Å². The molecule has 1 atom stereocenters. The van der Waals surface area contributed by atoms with Gasteiger partial charge in [0.2, 0.25) is 11.8 Å². The quantitative estimate of drug-likeness (QED) is 0.779. The Kier molecular flexibility index (Phi) is 3.76. The second kappa shape index (κ2) is 5.00. The molecule has 0 bridgehead atoms. The zero-order valence-corrected chi connectivity index (χ0v) is 11.3. The molecule has 2 fully saturated rings. The first-order valence-corrected chi connectivity index (χ1v) is 7.02. The number of carbonyl (C=O) groups is 2. The molecular formula is C14H23NO3. The molecule has 1 N–H and O–H groups in total. The van der Waals surface area contributed by atoms with Crippen LogP contribution in [0.4, 0.5) is 0 Å². The average molecular weight is 253 g/mol. The monoisotopic (exact) mass is 253 g/mol. The van der Waals surface area contributed by atoms with E-state index in [0.717, 1.165) is 19.3 Å². The molecule has 1 saturated carbocycles. The predicted octanol–water partition coefficient (Wildman–Crippen LogP) is 1.71. The van der Waals surface area contributed by atoms with Crippen molar-refractivity contribution in [2.24, 2.45) is 11.8 Å². The third kappa shape index (κ3) is 2.58. The fourth-order valence-corrected chi connectivity index (χ4v) is 3.09. The fraction of sp³-hybridized carbons (Fsp3) is 0.857. The topological polar surface area (TPSA) is 57.6 Å². The highest BCUT2D eigenvalue weighted by molar-refractivity contribution is 6.03. The first-order chi connectivity index (χ1) is 8.45. The minimum Gasteiger partial charge on any atom is -0.388 e. The van der Waals surface area contributed by atoms with Gasteiger partial charge in [-0.15, -0.1) is 0 Å². The normalized spacial score (nSPS) is 37.4. The summed E-state index contributed by atoms with van der Waals surface area (Å²) in [6, 6.07) is 0. The zero-order chi connectivity index (χ0) is 13.3. The molecule has 18 heavy (non-hydrogen) atoms. The van der Waals surface area contributed by atoms with E-state index in [-0.39, 0.29) is 24.3 Å². The summed E-state index contributed by atoms with van der Waals surface area (Å²) in [5.74, 6) is 0.229. The van der Waals surface area contributed by atoms with Crippen LogP contribution in [-0.4, -0.2) is 34.0 Å². The standard InChI is InChI=1S/C14H23NO3/c1-3-11-4-6-14(18,7-5-11)9-15-12(16)8-10(2)13(15)17/h10-11,18H,3-9H2,1-2H3. The molecule has 0 aromatic carbocycles. The Hall–Kier alpha value is -0.900. The molecule has 1 aliphatic heterocycles. The summed E-state index contributed by atoms with van der Waals surface area (Å²) in [5, 5.41) is 10.5. The maximum Gasteiger partial charge on any atom is 0.232 e. The second-order valence-corrected chi connectivity index (χ2v) is 6.00. The molecule has 2 amide bonds. The highest BCUT2D eigenvalue weighted by atomic mass is 16.3. The molecule has 102 valence electrons. The lowest BCUT2D eigenvalue weighted by Gasteiger charge is -2.37. The van der Waals surface area contributed by atoms with E-state index in [1.165, 1.54) is 4.90 Å². The summed E-state index contributed by atoms with van der Waals surface area (Å²) in [4.78, 5) is 24.8. The van der Waals surface area contributed by atoms with Crippen molar-refractivity contribution in [1.29, 1.82) is 0 Å². The van der Waals surface area contributed by atoms with Gasteiger partial charge < -0.3 is 5.11 Å². The molecular weight excluding hydrogens is 230 g/mol.